The molecule has 2 amide bonds. The fourth-order valence-corrected chi connectivity index (χ4v) is 5.04. The van der Waals surface area contributed by atoms with Crippen molar-refractivity contribution in [3.05, 3.63) is 17.0 Å². The van der Waals surface area contributed by atoms with Gasteiger partial charge in [0.15, 0.2) is 4.34 Å². The first-order valence-electron chi connectivity index (χ1n) is 8.14. The van der Waals surface area contributed by atoms with Crippen LogP contribution in [0.1, 0.15) is 38.7 Å². The van der Waals surface area contributed by atoms with Gasteiger partial charge in [-0.1, -0.05) is 30.0 Å². The predicted molar refractivity (Wildman–Crippen MR) is 104 cm³/mol. The Kier molecular flexibility index (Phi) is 5.90. The minimum atomic E-state index is -0.402. The third-order valence-electron chi connectivity index (χ3n) is 3.75. The maximum Gasteiger partial charge on any atom is 0.238 e. The van der Waals surface area contributed by atoms with Gasteiger partial charge in [0.1, 0.15) is 11.1 Å². The van der Waals surface area contributed by atoms with Crippen LogP contribution in [0.15, 0.2) is 15.8 Å². The van der Waals surface area contributed by atoms with Crippen molar-refractivity contribution < 1.29 is 9.59 Å². The highest BCUT2D eigenvalue weighted by atomic mass is 32.2. The van der Waals surface area contributed by atoms with Crippen molar-refractivity contribution >= 4 is 56.4 Å². The summed E-state index contributed by atoms with van der Waals surface area (Å²) in [6, 6.07) is 3.96. The first-order valence-corrected chi connectivity index (χ1v) is 10.7. The third-order valence-corrected chi connectivity index (χ3v) is 6.69. The van der Waals surface area contributed by atoms with E-state index in [0.717, 1.165) is 12.8 Å². The highest BCUT2D eigenvalue weighted by Gasteiger charge is 2.35. The van der Waals surface area contributed by atoms with Crippen molar-refractivity contribution in [1.82, 2.24) is 10.2 Å². The van der Waals surface area contributed by atoms with E-state index in [1.165, 1.54) is 34.4 Å². The lowest BCUT2D eigenvalue weighted by Gasteiger charge is -2.17. The number of nitrogens with zero attached hydrogens (tertiary/aromatic N) is 4. The minimum absolute atomic E-state index is 0.0488. The van der Waals surface area contributed by atoms with Crippen LogP contribution >= 0.6 is 34.4 Å². The van der Waals surface area contributed by atoms with Crippen LogP contribution in [0, 0.1) is 11.3 Å². The summed E-state index contributed by atoms with van der Waals surface area (Å²) in [5, 5.41) is 22.6. The molecule has 10 heteroatoms. The lowest BCUT2D eigenvalue weighted by Crippen LogP contribution is -2.32. The van der Waals surface area contributed by atoms with Gasteiger partial charge in [-0.05, 0) is 31.2 Å². The summed E-state index contributed by atoms with van der Waals surface area (Å²) in [5.41, 5.74) is 0.455. The summed E-state index contributed by atoms with van der Waals surface area (Å²) in [4.78, 5) is 26.2. The Bertz CT molecular complexity index is 852. The molecule has 0 unspecified atom stereocenters. The molecule has 1 fully saturated rings. The molecule has 0 spiro atoms. The number of amides is 2. The lowest BCUT2D eigenvalue weighted by molar-refractivity contribution is -0.118. The molecule has 2 aromatic heterocycles. The maximum atomic E-state index is 12.4. The van der Waals surface area contributed by atoms with Gasteiger partial charge in [0, 0.05) is 12.5 Å². The highest BCUT2D eigenvalue weighted by Crippen LogP contribution is 2.37. The van der Waals surface area contributed by atoms with Crippen molar-refractivity contribution in [3.63, 3.8) is 0 Å². The zero-order valence-corrected chi connectivity index (χ0v) is 16.7. The molecule has 1 saturated carbocycles. The Labute approximate surface area is 163 Å². The maximum absolute atomic E-state index is 12.4. The molecule has 7 nitrogen and oxygen atoms in total. The molecule has 1 aliphatic carbocycles. The Balaban J connectivity index is 1.64. The fourth-order valence-electron chi connectivity index (χ4n) is 2.23. The largest absolute Gasteiger partial charge is 0.316 e. The van der Waals surface area contributed by atoms with Crippen LogP contribution in [0.25, 0.3) is 0 Å². The Hall–Kier alpha value is -1.96. The van der Waals surface area contributed by atoms with Gasteiger partial charge in [0.2, 0.25) is 16.9 Å². The second-order valence-electron chi connectivity index (χ2n) is 5.72. The van der Waals surface area contributed by atoms with Crippen molar-refractivity contribution in [2.75, 3.05) is 10.2 Å². The summed E-state index contributed by atoms with van der Waals surface area (Å²) in [5.74, 6) is -0.151. The fraction of sp³-hybridized carbons (Fsp3) is 0.438. The SMILES string of the molecule is CCC(=O)N(c1nnc(S[C@H](C)C(=O)Nc2sccc2C#N)s1)C1CC1. The Morgan fingerprint density at radius 3 is 2.92 bits per heavy atom. The number of aromatic nitrogens is 2. The van der Waals surface area contributed by atoms with Gasteiger partial charge in [-0.3, -0.25) is 14.5 Å². The van der Waals surface area contributed by atoms with E-state index in [1.54, 1.807) is 23.3 Å². The molecule has 26 heavy (non-hydrogen) atoms. The molecule has 2 aromatic rings. The number of nitriles is 1. The summed E-state index contributed by atoms with van der Waals surface area (Å²) in [6.07, 6.45) is 2.42. The predicted octanol–water partition coefficient (Wildman–Crippen LogP) is 3.50. The average molecular weight is 408 g/mol. The number of anilines is 2. The van der Waals surface area contributed by atoms with Crippen LogP contribution < -0.4 is 10.2 Å². The van der Waals surface area contributed by atoms with Crippen molar-refractivity contribution in [1.29, 1.82) is 5.26 Å². The molecule has 2 heterocycles. The van der Waals surface area contributed by atoms with Gasteiger partial charge in [-0.25, -0.2) is 0 Å². The van der Waals surface area contributed by atoms with Crippen molar-refractivity contribution in [2.24, 2.45) is 0 Å². The van der Waals surface area contributed by atoms with E-state index in [2.05, 4.69) is 15.5 Å². The van der Waals surface area contributed by atoms with E-state index in [0.29, 0.717) is 26.5 Å². The van der Waals surface area contributed by atoms with Gasteiger partial charge >= 0.3 is 0 Å². The third kappa shape index (κ3) is 4.23. The van der Waals surface area contributed by atoms with E-state index in [4.69, 9.17) is 5.26 Å². The van der Waals surface area contributed by atoms with Gasteiger partial charge < -0.3 is 5.32 Å². The van der Waals surface area contributed by atoms with E-state index in [-0.39, 0.29) is 17.9 Å². The van der Waals surface area contributed by atoms with E-state index >= 15 is 0 Å². The number of carbonyl (C=O) groups excluding carboxylic acids is 2. The molecule has 3 rings (SSSR count). The second kappa shape index (κ2) is 8.16. The number of rotatable bonds is 7. The molecule has 136 valence electrons. The van der Waals surface area contributed by atoms with Crippen LogP contribution in [0.5, 0.6) is 0 Å². The standard InChI is InChI=1S/C16H17N5O2S3/c1-3-12(22)21(11-4-5-11)15-19-20-16(26-15)25-9(2)13(23)18-14-10(8-17)6-7-24-14/h6-7,9,11H,3-5H2,1-2H3,(H,18,23)/t9-/m1/s1. The van der Waals surface area contributed by atoms with Gasteiger partial charge in [-0.2, -0.15) is 5.26 Å². The van der Waals surface area contributed by atoms with Gasteiger partial charge in [0.25, 0.3) is 0 Å². The molecule has 0 bridgehead atoms. The Morgan fingerprint density at radius 1 is 1.50 bits per heavy atom. The monoisotopic (exact) mass is 407 g/mol. The molecular formula is C16H17N5O2S3. The van der Waals surface area contributed by atoms with Gasteiger partial charge in [-0.15, -0.1) is 21.5 Å². The number of nitrogens with one attached hydrogen (secondary N) is 1. The number of thioether (sulfide) groups is 1. The normalized spacial score (nSPS) is 14.5. The summed E-state index contributed by atoms with van der Waals surface area (Å²) in [6.45, 7) is 3.61. The Morgan fingerprint density at radius 2 is 2.27 bits per heavy atom. The molecule has 0 aliphatic heterocycles. The van der Waals surface area contributed by atoms with Crippen LogP contribution in [-0.4, -0.2) is 33.3 Å². The number of thiophene rings is 1. The van der Waals surface area contributed by atoms with Crippen LogP contribution in [0.3, 0.4) is 0 Å². The average Bonchev–Trinajstić information content (AvgIpc) is 3.18. The zero-order chi connectivity index (χ0) is 18.7. The van der Waals surface area contributed by atoms with Crippen molar-refractivity contribution in [3.8, 4) is 6.07 Å². The zero-order valence-electron chi connectivity index (χ0n) is 14.3. The van der Waals surface area contributed by atoms with Crippen LogP contribution in [-0.2, 0) is 9.59 Å². The van der Waals surface area contributed by atoms with Gasteiger partial charge in [0.05, 0.1) is 10.8 Å². The summed E-state index contributed by atoms with van der Waals surface area (Å²) < 4.78 is 0.642. The molecule has 0 saturated heterocycles. The molecule has 1 N–H and O–H groups in total. The molecule has 0 aromatic carbocycles. The number of hydrogen-bond acceptors (Lipinski definition) is 8. The smallest absolute Gasteiger partial charge is 0.238 e. The summed E-state index contributed by atoms with van der Waals surface area (Å²) in [7, 11) is 0. The molecule has 1 atom stereocenters. The minimum Gasteiger partial charge on any atom is -0.316 e. The first-order chi connectivity index (χ1) is 12.5. The van der Waals surface area contributed by atoms with Crippen LogP contribution in [0.2, 0.25) is 0 Å². The van der Waals surface area contributed by atoms with Crippen LogP contribution in [0.4, 0.5) is 10.1 Å². The number of hydrogen-bond donors (Lipinski definition) is 1. The molecule has 1 aliphatic rings. The van der Waals surface area contributed by atoms with E-state index in [9.17, 15) is 9.59 Å². The summed E-state index contributed by atoms with van der Waals surface area (Å²) >= 11 is 3.94. The first kappa shape index (κ1) is 18.8. The van der Waals surface area contributed by atoms with E-state index in [1.807, 2.05) is 13.0 Å². The highest BCUT2D eigenvalue weighted by molar-refractivity contribution is 8.02. The van der Waals surface area contributed by atoms with Crippen molar-refractivity contribution in [2.45, 2.75) is 48.7 Å². The quantitative estimate of drug-likeness (QED) is 0.557. The lowest BCUT2D eigenvalue weighted by atomic mass is 10.3. The topological polar surface area (TPSA) is 99.0 Å². The number of carbonyl (C=O) groups is 2. The molecular weight excluding hydrogens is 390 g/mol. The molecule has 0 radical (unpaired) electrons. The second-order valence-corrected chi connectivity index (χ2v) is 9.18. The van der Waals surface area contributed by atoms with E-state index < -0.39 is 5.25 Å².